The van der Waals surface area contributed by atoms with Crippen LogP contribution in [0.15, 0.2) is 81.6 Å². The fraction of sp³-hybridized carbons (Fsp3) is 0.400. The molecule has 0 bridgehead atoms. The van der Waals surface area contributed by atoms with E-state index in [9.17, 15) is 9.90 Å². The minimum atomic E-state index is -0.337. The van der Waals surface area contributed by atoms with E-state index in [0.29, 0.717) is 11.5 Å². The number of rotatable bonds is 9. The molecule has 1 N–H and O–H groups in total. The Bertz CT molecular complexity index is 2280. The summed E-state index contributed by atoms with van der Waals surface area (Å²) < 4.78 is 12.7. The normalized spacial score (nSPS) is 13.9. The van der Waals surface area contributed by atoms with E-state index in [2.05, 4.69) is 63.0 Å². The number of hydrogen-bond donors (Lipinski definition) is 1. The molecule has 7 rings (SSSR count). The van der Waals surface area contributed by atoms with Gasteiger partial charge in [-0.2, -0.15) is 0 Å². The molecule has 0 unspecified atom stereocenters. The number of aromatic nitrogens is 2. The summed E-state index contributed by atoms with van der Waals surface area (Å²) in [5.41, 5.74) is 8.89. The second kappa shape index (κ2) is 14.8. The van der Waals surface area contributed by atoms with Crippen LogP contribution >= 0.6 is 0 Å². The van der Waals surface area contributed by atoms with Gasteiger partial charge in [-0.1, -0.05) is 93.0 Å². The van der Waals surface area contributed by atoms with Crippen molar-refractivity contribution in [1.82, 2.24) is 9.97 Å². The number of aliphatic hydroxyl groups excluding tert-OH is 1. The van der Waals surface area contributed by atoms with E-state index in [1.54, 1.807) is 6.33 Å². The van der Waals surface area contributed by atoms with Gasteiger partial charge in [-0.15, -0.1) is 29.3 Å². The number of aliphatic hydroxyl groups is 1. The van der Waals surface area contributed by atoms with Crippen molar-refractivity contribution in [2.75, 3.05) is 0 Å². The number of fused-ring (bicyclic) bond motifs is 8. The van der Waals surface area contributed by atoms with Gasteiger partial charge in [0.05, 0.1) is 0 Å². The van der Waals surface area contributed by atoms with Crippen LogP contribution in [0.4, 0.5) is 0 Å². The summed E-state index contributed by atoms with van der Waals surface area (Å²) in [6, 6.07) is 22.1. The molecule has 0 aliphatic heterocycles. The van der Waals surface area contributed by atoms with Gasteiger partial charge >= 0.3 is 0 Å². The topological polar surface area (TPSA) is 89.4 Å². The van der Waals surface area contributed by atoms with Gasteiger partial charge in [0.2, 0.25) is 0 Å². The zero-order chi connectivity index (χ0) is 36.9. The quantitative estimate of drug-likeness (QED) is 0.0884. The van der Waals surface area contributed by atoms with Crippen LogP contribution in [0, 0.1) is 16.9 Å². The first kappa shape index (κ1) is 39.2. The Morgan fingerprint density at radius 3 is 2.19 bits per heavy atom. The molecule has 6 aromatic rings. The largest absolute Gasteiger partial charge is 0.512 e. The van der Waals surface area contributed by atoms with E-state index in [-0.39, 0.29) is 47.9 Å². The van der Waals surface area contributed by atoms with Crippen LogP contribution in [0.3, 0.4) is 0 Å². The molecule has 1 aliphatic rings. The van der Waals surface area contributed by atoms with E-state index in [1.165, 1.54) is 28.2 Å². The minimum absolute atomic E-state index is 0. The zero-order valence-corrected chi connectivity index (χ0v) is 34.6. The molecule has 0 saturated carbocycles. The van der Waals surface area contributed by atoms with Gasteiger partial charge in [0, 0.05) is 59.0 Å². The van der Waals surface area contributed by atoms with Gasteiger partial charge in [-0.3, -0.25) is 9.78 Å². The van der Waals surface area contributed by atoms with Crippen LogP contribution in [0.1, 0.15) is 118 Å². The number of carbonyl (C=O) groups is 1. The molecule has 0 amide bonds. The average Bonchev–Trinajstić information content (AvgIpc) is 3.79. The Hall–Kier alpha value is -4.06. The summed E-state index contributed by atoms with van der Waals surface area (Å²) in [7, 11) is 0. The van der Waals surface area contributed by atoms with Crippen LogP contribution < -0.4 is 0 Å². The van der Waals surface area contributed by atoms with Gasteiger partial charge in [0.15, 0.2) is 5.78 Å². The third-order valence-corrected chi connectivity index (χ3v) is 11.9. The third kappa shape index (κ3) is 6.45. The first-order chi connectivity index (χ1) is 24.2. The summed E-state index contributed by atoms with van der Waals surface area (Å²) in [4.78, 5) is 21.4. The maximum Gasteiger partial charge on any atom is 0.164 e. The van der Waals surface area contributed by atoms with Crippen LogP contribution in [0.2, 0.25) is 0 Å². The molecule has 0 atom stereocenters. The molecule has 275 valence electrons. The van der Waals surface area contributed by atoms with Gasteiger partial charge in [-0.25, -0.2) is 4.98 Å². The summed E-state index contributed by atoms with van der Waals surface area (Å²) in [5, 5.41) is 12.3. The van der Waals surface area contributed by atoms with Crippen molar-refractivity contribution in [3.05, 3.63) is 95.5 Å². The van der Waals surface area contributed by atoms with Crippen molar-refractivity contribution >= 4 is 38.8 Å². The van der Waals surface area contributed by atoms with E-state index >= 15 is 0 Å². The molecule has 1 aliphatic carbocycles. The van der Waals surface area contributed by atoms with Gasteiger partial charge in [0.1, 0.15) is 40.1 Å². The molecular weight excluding hydrogens is 825 g/mol. The number of para-hydroxylation sites is 1. The third-order valence-electron chi connectivity index (χ3n) is 11.9. The second-order valence-electron chi connectivity index (χ2n) is 15.4. The summed E-state index contributed by atoms with van der Waals surface area (Å²) in [6.45, 7) is 21.1. The number of benzene rings is 3. The summed E-state index contributed by atoms with van der Waals surface area (Å²) in [5.74, 6) is 1.68. The fourth-order valence-corrected chi connectivity index (χ4v) is 7.32. The average molecular weight is 876 g/mol. The number of hydrogen-bond acceptors (Lipinski definition) is 6. The first-order valence-corrected chi connectivity index (χ1v) is 18.4. The number of furan rings is 2. The summed E-state index contributed by atoms with van der Waals surface area (Å²) in [6.07, 6.45) is 6.38. The number of nitrogens with zero attached hydrogens (tertiary/aromatic N) is 2. The molecule has 3 aromatic carbocycles. The van der Waals surface area contributed by atoms with Crippen molar-refractivity contribution in [2.24, 2.45) is 10.8 Å². The van der Waals surface area contributed by atoms with Crippen LogP contribution in [0.25, 0.3) is 55.6 Å². The Kier molecular flexibility index (Phi) is 11.1. The van der Waals surface area contributed by atoms with Crippen LogP contribution in [-0.2, 0) is 30.3 Å². The SMILES string of the molecule is CC(C)c1ccc2oc3c(c2c1)C(C)(C)c1c(-c2ncnc4c2oc2ccccc24)[c-]ccc1-3.CCC(C)(CC)C(=O)/C=C(\O)C(C)(CC)CC.[Ir]. The second-order valence-corrected chi connectivity index (χ2v) is 15.4. The van der Waals surface area contributed by atoms with Gasteiger partial charge in [0.25, 0.3) is 0 Å². The van der Waals surface area contributed by atoms with Crippen molar-refractivity contribution in [3.63, 3.8) is 0 Å². The zero-order valence-electron chi connectivity index (χ0n) is 32.2. The smallest absolute Gasteiger partial charge is 0.164 e. The Labute approximate surface area is 321 Å². The molecule has 6 nitrogen and oxygen atoms in total. The molecule has 0 spiro atoms. The van der Waals surface area contributed by atoms with Crippen molar-refractivity contribution in [2.45, 2.75) is 106 Å². The van der Waals surface area contributed by atoms with E-state index in [0.717, 1.165) is 70.3 Å². The molecule has 0 fully saturated rings. The number of allylic oxidation sites excluding steroid dienone is 2. The van der Waals surface area contributed by atoms with E-state index < -0.39 is 0 Å². The standard InChI is InChI=1S/C30H23N2O2.C15H28O2.Ir/c1-16(2)17-12-13-23-21(14-17)25-28(33-23)20-10-7-9-19(24(20)30(25,3)4)27-29-26(31-15-32-27)18-8-5-6-11-22(18)34-29;1-7-14(5,8-2)12(16)11-13(17)15(6,9-3)10-4;/h5-8,10-16H,1-4H3;11,16H,7-10H2,1-6H3;/q-1;;/b;12-11-;. The molecule has 0 saturated heterocycles. The molecule has 52 heavy (non-hydrogen) atoms. The fourth-order valence-electron chi connectivity index (χ4n) is 7.32. The monoisotopic (exact) mass is 876 g/mol. The van der Waals surface area contributed by atoms with Crippen LogP contribution in [-0.4, -0.2) is 20.9 Å². The van der Waals surface area contributed by atoms with Crippen molar-refractivity contribution in [3.8, 4) is 22.6 Å². The molecule has 1 radical (unpaired) electrons. The summed E-state index contributed by atoms with van der Waals surface area (Å²) >= 11 is 0. The molecule has 3 heterocycles. The first-order valence-electron chi connectivity index (χ1n) is 18.4. The minimum Gasteiger partial charge on any atom is -0.512 e. The number of carbonyl (C=O) groups excluding carboxylic acids is 1. The van der Waals surface area contributed by atoms with Crippen molar-refractivity contribution < 1.29 is 38.8 Å². The Balaban J connectivity index is 0.000000250. The maximum atomic E-state index is 12.2. The van der Waals surface area contributed by atoms with E-state index in [1.807, 2.05) is 71.9 Å². The molecule has 7 heteroatoms. The van der Waals surface area contributed by atoms with Gasteiger partial charge in [-0.05, 0) is 66.8 Å². The van der Waals surface area contributed by atoms with Crippen molar-refractivity contribution in [1.29, 1.82) is 0 Å². The number of ketones is 1. The molecular formula is C45H51IrN2O4-. The van der Waals surface area contributed by atoms with E-state index in [4.69, 9.17) is 13.8 Å². The predicted octanol–water partition coefficient (Wildman–Crippen LogP) is 12.7. The van der Waals surface area contributed by atoms with Gasteiger partial charge < -0.3 is 13.9 Å². The maximum absolute atomic E-state index is 12.2. The molecule has 3 aromatic heterocycles. The Morgan fingerprint density at radius 2 is 1.54 bits per heavy atom. The predicted molar refractivity (Wildman–Crippen MR) is 208 cm³/mol. The van der Waals surface area contributed by atoms with Crippen LogP contribution in [0.5, 0.6) is 0 Å². The Morgan fingerprint density at radius 1 is 0.885 bits per heavy atom.